The Kier molecular flexibility index (Phi) is 5.70. The molecule has 0 radical (unpaired) electrons. The van der Waals surface area contributed by atoms with E-state index in [1.54, 1.807) is 18.2 Å². The van der Waals surface area contributed by atoms with Crippen molar-refractivity contribution in [2.75, 3.05) is 19.0 Å². The molecule has 5 nitrogen and oxygen atoms in total. The van der Waals surface area contributed by atoms with E-state index in [1.165, 1.54) is 19.2 Å². The Morgan fingerprint density at radius 2 is 1.96 bits per heavy atom. The molecular weight excluding hydrogens is 367 g/mol. The van der Waals surface area contributed by atoms with Crippen molar-refractivity contribution in [2.45, 2.75) is 0 Å². The zero-order chi connectivity index (χ0) is 16.8. The fourth-order valence-corrected chi connectivity index (χ4v) is 2.20. The third-order valence-corrected chi connectivity index (χ3v) is 3.67. The molecule has 2 N–H and O–H groups in total. The number of carbonyl (C=O) groups is 2. The molecule has 0 saturated heterocycles. The molecule has 0 aliphatic rings. The van der Waals surface area contributed by atoms with E-state index in [4.69, 9.17) is 4.74 Å². The highest BCUT2D eigenvalue weighted by Crippen LogP contribution is 2.21. The second kappa shape index (κ2) is 7.73. The van der Waals surface area contributed by atoms with Crippen LogP contribution in [0.2, 0.25) is 0 Å². The number of hydrogen-bond acceptors (Lipinski definition) is 3. The van der Waals surface area contributed by atoms with Gasteiger partial charge in [0, 0.05) is 10.5 Å². The smallest absolute Gasteiger partial charge is 0.254 e. The summed E-state index contributed by atoms with van der Waals surface area (Å²) < 4.78 is 19.4. The van der Waals surface area contributed by atoms with Gasteiger partial charge in [-0.25, -0.2) is 4.39 Å². The molecule has 120 valence electrons. The third kappa shape index (κ3) is 4.53. The zero-order valence-corrected chi connectivity index (χ0v) is 13.8. The number of benzene rings is 2. The summed E-state index contributed by atoms with van der Waals surface area (Å²) in [7, 11) is 1.40. The molecule has 0 fully saturated rings. The van der Waals surface area contributed by atoms with Crippen molar-refractivity contribution in [3.8, 4) is 5.75 Å². The van der Waals surface area contributed by atoms with Crippen LogP contribution in [0.3, 0.4) is 0 Å². The van der Waals surface area contributed by atoms with Crippen molar-refractivity contribution < 1.29 is 18.7 Å². The van der Waals surface area contributed by atoms with Gasteiger partial charge in [0.05, 0.1) is 24.9 Å². The van der Waals surface area contributed by atoms with Crippen LogP contribution in [0, 0.1) is 5.82 Å². The largest absolute Gasteiger partial charge is 0.497 e. The van der Waals surface area contributed by atoms with Gasteiger partial charge in [0.15, 0.2) is 0 Å². The molecule has 2 amide bonds. The third-order valence-electron chi connectivity index (χ3n) is 2.98. The summed E-state index contributed by atoms with van der Waals surface area (Å²) in [5, 5.41) is 5.01. The predicted molar refractivity (Wildman–Crippen MR) is 88.1 cm³/mol. The van der Waals surface area contributed by atoms with E-state index in [2.05, 4.69) is 26.6 Å². The quantitative estimate of drug-likeness (QED) is 0.837. The van der Waals surface area contributed by atoms with E-state index in [1.807, 2.05) is 6.07 Å². The number of amides is 2. The van der Waals surface area contributed by atoms with Crippen LogP contribution in [0.25, 0.3) is 0 Å². The Labute approximate surface area is 141 Å². The highest BCUT2D eigenvalue weighted by molar-refractivity contribution is 9.10. The SMILES string of the molecule is COc1ccc(C(=O)NCC(=O)Nc2ccccc2Br)c(F)c1. The van der Waals surface area contributed by atoms with Gasteiger partial charge < -0.3 is 15.4 Å². The molecule has 0 saturated carbocycles. The molecule has 0 bridgehead atoms. The minimum absolute atomic E-state index is 0.153. The molecule has 2 aromatic rings. The average Bonchev–Trinajstić information content (AvgIpc) is 2.54. The molecule has 7 heteroatoms. The maximum Gasteiger partial charge on any atom is 0.254 e. The van der Waals surface area contributed by atoms with Gasteiger partial charge in [-0.05, 0) is 40.2 Å². The number of nitrogens with one attached hydrogen (secondary N) is 2. The van der Waals surface area contributed by atoms with Crippen LogP contribution in [0.5, 0.6) is 5.75 Å². The van der Waals surface area contributed by atoms with Crippen molar-refractivity contribution in [1.82, 2.24) is 5.32 Å². The Bertz CT molecular complexity index is 737. The molecule has 0 heterocycles. The number of carbonyl (C=O) groups excluding carboxylic acids is 2. The van der Waals surface area contributed by atoms with Crippen molar-refractivity contribution in [1.29, 1.82) is 0 Å². The van der Waals surface area contributed by atoms with Crippen molar-refractivity contribution in [2.24, 2.45) is 0 Å². The van der Waals surface area contributed by atoms with Gasteiger partial charge in [0.1, 0.15) is 11.6 Å². The van der Waals surface area contributed by atoms with E-state index < -0.39 is 17.6 Å². The summed E-state index contributed by atoms with van der Waals surface area (Å²) in [4.78, 5) is 23.7. The first-order chi connectivity index (χ1) is 11.0. The van der Waals surface area contributed by atoms with Gasteiger partial charge in [0.2, 0.25) is 5.91 Å². The highest BCUT2D eigenvalue weighted by atomic mass is 79.9. The van der Waals surface area contributed by atoms with Crippen molar-refractivity contribution in [3.63, 3.8) is 0 Å². The Morgan fingerprint density at radius 1 is 1.22 bits per heavy atom. The lowest BCUT2D eigenvalue weighted by Gasteiger charge is -2.09. The minimum Gasteiger partial charge on any atom is -0.497 e. The van der Waals surface area contributed by atoms with Gasteiger partial charge in [-0.15, -0.1) is 0 Å². The van der Waals surface area contributed by atoms with Gasteiger partial charge >= 0.3 is 0 Å². The van der Waals surface area contributed by atoms with E-state index >= 15 is 0 Å². The maximum atomic E-state index is 13.8. The van der Waals surface area contributed by atoms with Crippen LogP contribution < -0.4 is 15.4 Å². The average molecular weight is 381 g/mol. The molecule has 0 unspecified atom stereocenters. The topological polar surface area (TPSA) is 67.4 Å². The van der Waals surface area contributed by atoms with E-state index in [0.717, 1.165) is 10.5 Å². The van der Waals surface area contributed by atoms with Crippen LogP contribution >= 0.6 is 15.9 Å². The highest BCUT2D eigenvalue weighted by Gasteiger charge is 2.14. The van der Waals surface area contributed by atoms with Crippen LogP contribution in [0.15, 0.2) is 46.9 Å². The van der Waals surface area contributed by atoms with Gasteiger partial charge in [-0.3, -0.25) is 9.59 Å². The predicted octanol–water partition coefficient (Wildman–Crippen LogP) is 2.97. The first-order valence-corrected chi connectivity index (χ1v) is 7.46. The van der Waals surface area contributed by atoms with Crippen LogP contribution in [0.1, 0.15) is 10.4 Å². The van der Waals surface area contributed by atoms with Crippen LogP contribution in [0.4, 0.5) is 10.1 Å². The summed E-state index contributed by atoms with van der Waals surface area (Å²) in [5.41, 5.74) is 0.432. The van der Waals surface area contributed by atoms with Gasteiger partial charge in [-0.1, -0.05) is 12.1 Å². The lowest BCUT2D eigenvalue weighted by atomic mass is 10.2. The molecule has 0 atom stereocenters. The van der Waals surface area contributed by atoms with Crippen molar-refractivity contribution >= 4 is 33.4 Å². The summed E-state index contributed by atoms with van der Waals surface area (Å²) >= 11 is 3.30. The Balaban J connectivity index is 1.94. The Morgan fingerprint density at radius 3 is 2.61 bits per heavy atom. The number of methoxy groups -OCH3 is 1. The van der Waals surface area contributed by atoms with E-state index in [0.29, 0.717) is 11.4 Å². The number of hydrogen-bond donors (Lipinski definition) is 2. The molecule has 0 aliphatic carbocycles. The molecule has 23 heavy (non-hydrogen) atoms. The van der Waals surface area contributed by atoms with E-state index in [9.17, 15) is 14.0 Å². The Hall–Kier alpha value is -2.41. The lowest BCUT2D eigenvalue weighted by molar-refractivity contribution is -0.115. The number of para-hydroxylation sites is 1. The van der Waals surface area contributed by atoms with Crippen molar-refractivity contribution in [3.05, 3.63) is 58.3 Å². The summed E-state index contributed by atoms with van der Waals surface area (Å²) in [6.45, 7) is -0.272. The standard InChI is InChI=1S/C16H14BrFN2O3/c1-23-10-6-7-11(13(18)8-10)16(22)19-9-15(21)20-14-5-3-2-4-12(14)17/h2-8H,9H2,1H3,(H,19,22)(H,20,21). The molecule has 2 aromatic carbocycles. The summed E-state index contributed by atoms with van der Waals surface area (Å²) in [6, 6.07) is 11.0. The second-order valence-corrected chi connectivity index (χ2v) is 5.41. The van der Waals surface area contributed by atoms with Gasteiger partial charge in [-0.2, -0.15) is 0 Å². The first kappa shape index (κ1) is 17.0. The molecule has 0 aliphatic heterocycles. The number of rotatable bonds is 5. The molecular formula is C16H14BrFN2O3. The molecule has 0 aromatic heterocycles. The lowest BCUT2D eigenvalue weighted by Crippen LogP contribution is -2.33. The molecule has 0 spiro atoms. The number of anilines is 1. The first-order valence-electron chi connectivity index (χ1n) is 6.67. The normalized spacial score (nSPS) is 10.0. The van der Waals surface area contributed by atoms with Crippen LogP contribution in [-0.2, 0) is 4.79 Å². The summed E-state index contributed by atoms with van der Waals surface area (Å²) in [5.74, 6) is -1.50. The van der Waals surface area contributed by atoms with Crippen LogP contribution in [-0.4, -0.2) is 25.5 Å². The monoisotopic (exact) mass is 380 g/mol. The molecule has 2 rings (SSSR count). The summed E-state index contributed by atoms with van der Waals surface area (Å²) in [6.07, 6.45) is 0. The fourth-order valence-electron chi connectivity index (χ4n) is 1.82. The van der Waals surface area contributed by atoms with Gasteiger partial charge in [0.25, 0.3) is 5.91 Å². The number of halogens is 2. The second-order valence-electron chi connectivity index (χ2n) is 4.56. The fraction of sp³-hybridized carbons (Fsp3) is 0.125. The maximum absolute atomic E-state index is 13.8. The minimum atomic E-state index is -0.715. The number of ether oxygens (including phenoxy) is 1. The zero-order valence-electron chi connectivity index (χ0n) is 12.2. The van der Waals surface area contributed by atoms with E-state index in [-0.39, 0.29) is 12.1 Å².